The monoisotopic (exact) mass is 532 g/mol. The maximum absolute atomic E-state index is 5.73. The van der Waals surface area contributed by atoms with E-state index < -0.39 is 0 Å². The lowest BCUT2D eigenvalue weighted by atomic mass is 10.1. The maximum Gasteiger partial charge on any atom is 0.0516 e. The summed E-state index contributed by atoms with van der Waals surface area (Å²) in [6.45, 7) is 0. The van der Waals surface area contributed by atoms with Gasteiger partial charge in [0.05, 0.1) is 21.5 Å². The summed E-state index contributed by atoms with van der Waals surface area (Å²) in [6.07, 6.45) is 31.5. The molecule has 0 aromatic rings. The Labute approximate surface area is 219 Å². The minimum absolute atomic E-state index is 0. The fourth-order valence-corrected chi connectivity index (χ4v) is 4.11. The predicted molar refractivity (Wildman–Crippen MR) is 151 cm³/mol. The molecular formula is C24H40Cl4S2. The summed E-state index contributed by atoms with van der Waals surface area (Å²) in [5.74, 6) is 0. The van der Waals surface area contributed by atoms with E-state index in [0.717, 1.165) is 25.7 Å². The summed E-state index contributed by atoms with van der Waals surface area (Å²) in [7, 11) is 0. The van der Waals surface area contributed by atoms with Gasteiger partial charge >= 0.3 is 0 Å². The number of hydrogen-bond donors (Lipinski definition) is 0. The average molecular weight is 535 g/mol. The highest BCUT2D eigenvalue weighted by molar-refractivity contribution is 7.59. The highest BCUT2D eigenvalue weighted by Gasteiger charge is 2.03. The van der Waals surface area contributed by atoms with Crippen molar-refractivity contribution in [2.45, 2.75) is 98.6 Å². The molecule has 0 heterocycles. The van der Waals surface area contributed by atoms with Crippen molar-refractivity contribution in [3.8, 4) is 0 Å². The molecular weight excluding hydrogens is 494 g/mol. The van der Waals surface area contributed by atoms with Crippen LogP contribution in [0.15, 0.2) is 48.6 Å². The van der Waals surface area contributed by atoms with Crippen LogP contribution in [0.5, 0.6) is 0 Å². The van der Waals surface area contributed by atoms with Gasteiger partial charge in [-0.15, -0.1) is 46.4 Å². The van der Waals surface area contributed by atoms with Crippen molar-refractivity contribution in [3.63, 3.8) is 0 Å². The second kappa shape index (κ2) is 23.0. The molecule has 0 aliphatic heterocycles. The van der Waals surface area contributed by atoms with Crippen LogP contribution >= 0.6 is 73.4 Å². The molecule has 4 aliphatic carbocycles. The van der Waals surface area contributed by atoms with Gasteiger partial charge in [-0.2, -0.15) is 27.0 Å². The Morgan fingerprint density at radius 1 is 0.400 bits per heavy atom. The summed E-state index contributed by atoms with van der Waals surface area (Å²) < 4.78 is 0. The molecule has 0 fully saturated rings. The van der Waals surface area contributed by atoms with E-state index in [0.29, 0.717) is 21.5 Å². The molecule has 0 nitrogen and oxygen atoms in total. The molecule has 0 radical (unpaired) electrons. The van der Waals surface area contributed by atoms with E-state index in [-0.39, 0.29) is 27.0 Å². The first-order valence-corrected chi connectivity index (χ1v) is 12.6. The Balaban J connectivity index is 0. The van der Waals surface area contributed by atoms with Gasteiger partial charge in [0.25, 0.3) is 0 Å². The maximum atomic E-state index is 5.73. The quantitative estimate of drug-likeness (QED) is 0.214. The van der Waals surface area contributed by atoms with Gasteiger partial charge in [-0.05, 0) is 77.0 Å². The van der Waals surface area contributed by atoms with Crippen LogP contribution < -0.4 is 0 Å². The van der Waals surface area contributed by atoms with Crippen LogP contribution in [-0.4, -0.2) is 21.5 Å². The van der Waals surface area contributed by atoms with Crippen LogP contribution in [0.4, 0.5) is 0 Å². The highest BCUT2D eigenvalue weighted by Crippen LogP contribution is 2.16. The number of halogens is 4. The third kappa shape index (κ3) is 20.7. The van der Waals surface area contributed by atoms with Crippen LogP contribution in [0.3, 0.4) is 0 Å². The van der Waals surface area contributed by atoms with Crippen LogP contribution in [0.1, 0.15) is 77.0 Å². The molecule has 0 aromatic carbocycles. The fourth-order valence-electron chi connectivity index (χ4n) is 3.08. The van der Waals surface area contributed by atoms with Gasteiger partial charge in [0.2, 0.25) is 0 Å². The molecule has 4 atom stereocenters. The summed E-state index contributed by atoms with van der Waals surface area (Å²) in [4.78, 5) is 0. The number of allylic oxidation sites excluding steroid dienone is 8. The first-order chi connectivity index (χ1) is 13.6. The molecule has 0 bridgehead atoms. The van der Waals surface area contributed by atoms with Crippen LogP contribution in [-0.2, 0) is 0 Å². The van der Waals surface area contributed by atoms with Gasteiger partial charge in [0.1, 0.15) is 0 Å². The van der Waals surface area contributed by atoms with Crippen molar-refractivity contribution < 1.29 is 0 Å². The van der Waals surface area contributed by atoms with Crippen LogP contribution in [0.2, 0.25) is 0 Å². The Hall–Kier alpha value is 0.820. The van der Waals surface area contributed by atoms with Crippen molar-refractivity contribution in [1.29, 1.82) is 0 Å². The van der Waals surface area contributed by atoms with E-state index in [1.165, 1.54) is 51.4 Å². The minimum atomic E-state index is 0. The molecule has 0 amide bonds. The smallest absolute Gasteiger partial charge is 0.0516 e. The van der Waals surface area contributed by atoms with Gasteiger partial charge in [0.15, 0.2) is 0 Å². The first kappa shape index (κ1) is 33.0. The average Bonchev–Trinajstić information content (AvgIpc) is 2.72. The number of hydrogen-bond acceptors (Lipinski definition) is 0. The largest absolute Gasteiger partial charge is 0.197 e. The van der Waals surface area contributed by atoms with Crippen molar-refractivity contribution in [2.75, 3.05) is 0 Å². The summed E-state index contributed by atoms with van der Waals surface area (Å²) in [5.41, 5.74) is 0. The van der Waals surface area contributed by atoms with E-state index >= 15 is 0 Å². The standard InChI is InChI=1S/4C6H9Cl.2H2S/c4*7-6-4-2-1-3-5-6;;/h4*2,4,6H,1,3,5H2;2*1H2. The van der Waals surface area contributed by atoms with Crippen LogP contribution in [0.25, 0.3) is 0 Å². The molecule has 0 N–H and O–H groups in total. The highest BCUT2D eigenvalue weighted by atomic mass is 35.5. The van der Waals surface area contributed by atoms with Crippen molar-refractivity contribution >= 4 is 73.4 Å². The van der Waals surface area contributed by atoms with E-state index in [2.05, 4.69) is 48.6 Å². The van der Waals surface area contributed by atoms with Gasteiger partial charge in [-0.1, -0.05) is 48.6 Å². The zero-order valence-corrected chi connectivity index (χ0v) is 22.9. The fraction of sp³-hybridized carbons (Fsp3) is 0.667. The van der Waals surface area contributed by atoms with E-state index in [4.69, 9.17) is 46.4 Å². The molecule has 176 valence electrons. The molecule has 0 spiro atoms. The van der Waals surface area contributed by atoms with Gasteiger partial charge in [-0.3, -0.25) is 0 Å². The third-order valence-electron chi connectivity index (χ3n) is 4.78. The van der Waals surface area contributed by atoms with E-state index in [9.17, 15) is 0 Å². The Bertz CT molecular complexity index is 404. The second-order valence-corrected chi connectivity index (χ2v) is 9.74. The molecule has 0 aromatic heterocycles. The van der Waals surface area contributed by atoms with Crippen molar-refractivity contribution in [2.24, 2.45) is 0 Å². The van der Waals surface area contributed by atoms with Crippen LogP contribution in [0, 0.1) is 0 Å². The molecule has 4 rings (SSSR count). The second-order valence-electron chi connectivity index (χ2n) is 7.50. The Morgan fingerprint density at radius 2 is 0.600 bits per heavy atom. The third-order valence-corrected chi connectivity index (χ3v) is 6.24. The van der Waals surface area contributed by atoms with E-state index in [1.807, 2.05) is 0 Å². The Kier molecular flexibility index (Phi) is 25.3. The number of rotatable bonds is 0. The zero-order chi connectivity index (χ0) is 20.5. The lowest BCUT2D eigenvalue weighted by molar-refractivity contribution is 0.736. The molecule has 4 unspecified atom stereocenters. The summed E-state index contributed by atoms with van der Waals surface area (Å²) in [5, 5.41) is 1.31. The topological polar surface area (TPSA) is 0 Å². The van der Waals surface area contributed by atoms with Crippen molar-refractivity contribution in [1.82, 2.24) is 0 Å². The SMILES string of the molecule is ClC1C=CCCC1.ClC1C=CCCC1.ClC1C=CCCC1.ClC1C=CCCC1.S.S. The molecule has 30 heavy (non-hydrogen) atoms. The lowest BCUT2D eigenvalue weighted by Gasteiger charge is -2.06. The van der Waals surface area contributed by atoms with Gasteiger partial charge in [0, 0.05) is 0 Å². The molecule has 4 aliphatic rings. The molecule has 0 saturated carbocycles. The zero-order valence-electron chi connectivity index (χ0n) is 17.9. The summed E-state index contributed by atoms with van der Waals surface area (Å²) in [6, 6.07) is 0. The van der Waals surface area contributed by atoms with Crippen molar-refractivity contribution in [3.05, 3.63) is 48.6 Å². The molecule has 6 heteroatoms. The molecule has 0 saturated heterocycles. The normalized spacial score (nSPS) is 28.7. The Morgan fingerprint density at radius 3 is 0.667 bits per heavy atom. The van der Waals surface area contributed by atoms with Gasteiger partial charge < -0.3 is 0 Å². The predicted octanol–water partition coefficient (Wildman–Crippen LogP) is 9.56. The number of alkyl halides is 4. The first-order valence-electron chi connectivity index (χ1n) is 10.8. The minimum Gasteiger partial charge on any atom is -0.197 e. The van der Waals surface area contributed by atoms with E-state index in [1.54, 1.807) is 0 Å². The lowest BCUT2D eigenvalue weighted by Crippen LogP contribution is -1.96. The summed E-state index contributed by atoms with van der Waals surface area (Å²) >= 11 is 22.9. The van der Waals surface area contributed by atoms with Gasteiger partial charge in [-0.25, -0.2) is 0 Å².